The average Bonchev–Trinajstić information content (AvgIpc) is 2.75. The number of aromatic amines is 1. The number of aromatic nitrogens is 2. The van der Waals surface area contributed by atoms with Crippen LogP contribution in [0.1, 0.15) is 5.56 Å². The van der Waals surface area contributed by atoms with Crippen LogP contribution in [-0.4, -0.2) is 24.4 Å². The van der Waals surface area contributed by atoms with Gasteiger partial charge in [0.15, 0.2) is 0 Å². The van der Waals surface area contributed by atoms with Gasteiger partial charge in [-0.1, -0.05) is 15.9 Å². The number of hydrogen-bond donors (Lipinski definition) is 2. The van der Waals surface area contributed by atoms with E-state index in [0.717, 1.165) is 27.0 Å². The third-order valence-electron chi connectivity index (χ3n) is 2.54. The number of rotatable bonds is 4. The minimum Gasteiger partial charge on any atom is -0.496 e. The molecule has 2 aromatic rings. The van der Waals surface area contributed by atoms with Gasteiger partial charge < -0.3 is 15.2 Å². The van der Waals surface area contributed by atoms with Gasteiger partial charge in [-0.05, 0) is 17.7 Å². The number of hydrogen-bond acceptors (Lipinski definition) is 4. The zero-order valence-corrected chi connectivity index (χ0v) is 11.7. The van der Waals surface area contributed by atoms with Crippen molar-refractivity contribution in [3.8, 4) is 17.0 Å². The predicted octanol–water partition coefficient (Wildman–Crippen LogP) is 2.58. The second kappa shape index (κ2) is 5.41. The van der Waals surface area contributed by atoms with Gasteiger partial charge in [-0.25, -0.2) is 0 Å². The van der Waals surface area contributed by atoms with Crippen LogP contribution in [-0.2, 0) is 11.3 Å². The summed E-state index contributed by atoms with van der Waals surface area (Å²) in [4.78, 5) is 0. The molecule has 1 aromatic carbocycles. The molecule has 0 radical (unpaired) electrons. The molecule has 0 spiro atoms. The monoisotopic (exact) mass is 311 g/mol. The Bertz CT molecular complexity index is 554. The number of methoxy groups -OCH3 is 2. The van der Waals surface area contributed by atoms with Gasteiger partial charge in [0.1, 0.15) is 11.6 Å². The van der Waals surface area contributed by atoms with Crippen LogP contribution in [0.15, 0.2) is 22.7 Å². The molecule has 0 unspecified atom stereocenters. The molecule has 0 saturated carbocycles. The highest BCUT2D eigenvalue weighted by atomic mass is 79.9. The smallest absolute Gasteiger partial charge is 0.145 e. The summed E-state index contributed by atoms with van der Waals surface area (Å²) < 4.78 is 11.5. The number of nitrogen functional groups attached to an aromatic ring is 1. The first kappa shape index (κ1) is 12.9. The highest BCUT2D eigenvalue weighted by Gasteiger charge is 2.15. The second-order valence-electron chi connectivity index (χ2n) is 3.78. The molecule has 2 rings (SSSR count). The lowest BCUT2D eigenvalue weighted by Crippen LogP contribution is -1.97. The number of nitrogens with two attached hydrogens (primary N) is 1. The number of H-pyrrole nitrogens is 1. The van der Waals surface area contributed by atoms with Gasteiger partial charge >= 0.3 is 0 Å². The standard InChI is InChI=1S/C12H14BrN3O2/c1-17-6-7-3-8(13)4-10(18-2)12(7)9-5-11(14)16-15-9/h3-5H,6H2,1-2H3,(H3,14,15,16). The fraction of sp³-hybridized carbons (Fsp3) is 0.250. The third kappa shape index (κ3) is 2.49. The molecule has 1 heterocycles. The van der Waals surface area contributed by atoms with Crippen molar-refractivity contribution < 1.29 is 9.47 Å². The van der Waals surface area contributed by atoms with Crippen molar-refractivity contribution in [1.82, 2.24) is 10.2 Å². The fourth-order valence-corrected chi connectivity index (χ4v) is 2.32. The molecule has 0 atom stereocenters. The Labute approximate surface area is 113 Å². The van der Waals surface area contributed by atoms with Crippen molar-refractivity contribution in [2.75, 3.05) is 20.0 Å². The van der Waals surface area contributed by atoms with Crippen LogP contribution in [0.3, 0.4) is 0 Å². The zero-order chi connectivity index (χ0) is 13.1. The minimum atomic E-state index is 0.443. The summed E-state index contributed by atoms with van der Waals surface area (Å²) in [6.07, 6.45) is 0. The molecule has 0 bridgehead atoms. The van der Waals surface area contributed by atoms with Crippen LogP contribution in [0, 0.1) is 0 Å². The van der Waals surface area contributed by atoms with Gasteiger partial charge in [-0.3, -0.25) is 5.10 Å². The van der Waals surface area contributed by atoms with E-state index in [0.29, 0.717) is 12.4 Å². The summed E-state index contributed by atoms with van der Waals surface area (Å²) in [5, 5.41) is 6.83. The predicted molar refractivity (Wildman–Crippen MR) is 73.4 cm³/mol. The Kier molecular flexibility index (Phi) is 3.88. The Hall–Kier alpha value is -1.53. The van der Waals surface area contributed by atoms with Crippen molar-refractivity contribution in [2.45, 2.75) is 6.61 Å². The van der Waals surface area contributed by atoms with Crippen LogP contribution >= 0.6 is 15.9 Å². The number of nitrogens with one attached hydrogen (secondary N) is 1. The number of nitrogens with zero attached hydrogens (tertiary/aromatic N) is 1. The molecule has 0 aliphatic carbocycles. The van der Waals surface area contributed by atoms with E-state index < -0.39 is 0 Å². The highest BCUT2D eigenvalue weighted by molar-refractivity contribution is 9.10. The van der Waals surface area contributed by atoms with Gasteiger partial charge in [-0.2, -0.15) is 5.10 Å². The van der Waals surface area contributed by atoms with Gasteiger partial charge in [0.05, 0.1) is 19.4 Å². The molecule has 5 nitrogen and oxygen atoms in total. The quantitative estimate of drug-likeness (QED) is 0.910. The molecule has 1 aromatic heterocycles. The van der Waals surface area contributed by atoms with Crippen molar-refractivity contribution in [3.05, 3.63) is 28.2 Å². The number of halogens is 1. The van der Waals surface area contributed by atoms with E-state index in [9.17, 15) is 0 Å². The number of ether oxygens (including phenoxy) is 2. The number of anilines is 1. The van der Waals surface area contributed by atoms with E-state index in [1.54, 1.807) is 20.3 Å². The molecule has 0 aliphatic rings. The lowest BCUT2D eigenvalue weighted by molar-refractivity contribution is 0.185. The summed E-state index contributed by atoms with van der Waals surface area (Å²) in [5.74, 6) is 1.18. The molecule has 3 N–H and O–H groups in total. The van der Waals surface area contributed by atoms with Crippen LogP contribution in [0.2, 0.25) is 0 Å². The first-order valence-corrected chi connectivity index (χ1v) is 6.11. The molecule has 96 valence electrons. The Morgan fingerprint density at radius 2 is 2.11 bits per heavy atom. The third-order valence-corrected chi connectivity index (χ3v) is 2.99. The van der Waals surface area contributed by atoms with Gasteiger partial charge in [0.2, 0.25) is 0 Å². The highest BCUT2D eigenvalue weighted by Crippen LogP contribution is 2.36. The van der Waals surface area contributed by atoms with Gasteiger partial charge in [0.25, 0.3) is 0 Å². The van der Waals surface area contributed by atoms with Crippen molar-refractivity contribution >= 4 is 21.7 Å². The molecular formula is C12H14BrN3O2. The normalized spacial score (nSPS) is 10.6. The first-order chi connectivity index (χ1) is 8.65. The van der Waals surface area contributed by atoms with Crippen molar-refractivity contribution in [1.29, 1.82) is 0 Å². The summed E-state index contributed by atoms with van der Waals surface area (Å²) in [7, 11) is 3.28. The maximum atomic E-state index is 5.64. The van der Waals surface area contributed by atoms with E-state index in [4.69, 9.17) is 15.2 Å². The second-order valence-corrected chi connectivity index (χ2v) is 4.70. The molecular weight excluding hydrogens is 298 g/mol. The molecule has 0 saturated heterocycles. The maximum Gasteiger partial charge on any atom is 0.145 e. The topological polar surface area (TPSA) is 73.2 Å². The summed E-state index contributed by atoms with van der Waals surface area (Å²) in [5.41, 5.74) is 8.35. The van der Waals surface area contributed by atoms with Gasteiger partial charge in [0, 0.05) is 23.2 Å². The zero-order valence-electron chi connectivity index (χ0n) is 10.2. The van der Waals surface area contributed by atoms with E-state index in [1.165, 1.54) is 0 Å². The van der Waals surface area contributed by atoms with Crippen LogP contribution in [0.4, 0.5) is 5.82 Å². The van der Waals surface area contributed by atoms with E-state index in [-0.39, 0.29) is 0 Å². The van der Waals surface area contributed by atoms with Crippen LogP contribution in [0.5, 0.6) is 5.75 Å². The van der Waals surface area contributed by atoms with E-state index in [1.807, 2.05) is 12.1 Å². The Balaban J connectivity index is 2.61. The molecule has 6 heteroatoms. The average molecular weight is 312 g/mol. The Morgan fingerprint density at radius 1 is 1.33 bits per heavy atom. The van der Waals surface area contributed by atoms with E-state index >= 15 is 0 Å². The first-order valence-electron chi connectivity index (χ1n) is 5.32. The van der Waals surface area contributed by atoms with Crippen molar-refractivity contribution in [3.63, 3.8) is 0 Å². The molecule has 0 amide bonds. The Morgan fingerprint density at radius 3 is 2.67 bits per heavy atom. The van der Waals surface area contributed by atoms with Gasteiger partial charge in [-0.15, -0.1) is 0 Å². The fourth-order valence-electron chi connectivity index (χ4n) is 1.84. The summed E-state index contributed by atoms with van der Waals surface area (Å²) >= 11 is 3.45. The van der Waals surface area contributed by atoms with Crippen LogP contribution in [0.25, 0.3) is 11.3 Å². The minimum absolute atomic E-state index is 0.443. The van der Waals surface area contributed by atoms with Crippen LogP contribution < -0.4 is 10.5 Å². The van der Waals surface area contributed by atoms with Crippen molar-refractivity contribution in [2.24, 2.45) is 0 Å². The summed E-state index contributed by atoms with van der Waals surface area (Å²) in [6.45, 7) is 0.476. The summed E-state index contributed by atoms with van der Waals surface area (Å²) in [6, 6.07) is 5.65. The SMILES string of the molecule is COCc1cc(Br)cc(OC)c1-c1cc(N)n[nH]1. The van der Waals surface area contributed by atoms with E-state index in [2.05, 4.69) is 26.1 Å². The maximum absolute atomic E-state index is 5.64. The number of benzene rings is 1. The molecule has 0 fully saturated rings. The largest absolute Gasteiger partial charge is 0.496 e. The molecule has 18 heavy (non-hydrogen) atoms. The lowest BCUT2D eigenvalue weighted by Gasteiger charge is -2.13. The molecule has 0 aliphatic heterocycles. The lowest BCUT2D eigenvalue weighted by atomic mass is 10.0.